The third-order valence-corrected chi connectivity index (χ3v) is 10.1. The maximum absolute atomic E-state index is 13.6. The zero-order valence-electron chi connectivity index (χ0n) is 28.2. The van der Waals surface area contributed by atoms with Gasteiger partial charge < -0.3 is 13.4 Å². The van der Waals surface area contributed by atoms with Gasteiger partial charge >= 0.3 is 11.3 Å². The Hall–Kier alpha value is -6.20. The van der Waals surface area contributed by atoms with Gasteiger partial charge in [-0.2, -0.15) is 0 Å². The van der Waals surface area contributed by atoms with Gasteiger partial charge in [-0.3, -0.25) is 0 Å². The van der Waals surface area contributed by atoms with E-state index in [1.165, 1.54) is 5.56 Å². The quantitative estimate of drug-likeness (QED) is 0.141. The zero-order valence-corrected chi connectivity index (χ0v) is 28.2. The Balaban J connectivity index is 1.18. The van der Waals surface area contributed by atoms with E-state index in [0.29, 0.717) is 22.3 Å². The predicted molar refractivity (Wildman–Crippen MR) is 205 cm³/mol. The van der Waals surface area contributed by atoms with Gasteiger partial charge in [-0.25, -0.2) is 9.59 Å². The lowest BCUT2D eigenvalue weighted by Crippen LogP contribution is -2.10. The molecule has 9 aromatic rings. The Labute approximate surface area is 287 Å². The third-order valence-electron chi connectivity index (χ3n) is 10.1. The second-order valence-electron chi connectivity index (χ2n) is 14.1. The average Bonchev–Trinajstić information content (AvgIpc) is 3.50. The summed E-state index contributed by atoms with van der Waals surface area (Å²) < 4.78 is 13.9. The molecule has 6 aromatic carbocycles. The Kier molecular flexibility index (Phi) is 6.52. The second kappa shape index (κ2) is 10.9. The fraction of sp³-hybridized carbons (Fsp3) is 0.111. The van der Waals surface area contributed by atoms with Crippen LogP contribution in [0.25, 0.3) is 87.9 Å². The highest BCUT2D eigenvalue weighted by Gasteiger charge is 2.19. The molecule has 9 rings (SSSR count). The van der Waals surface area contributed by atoms with Crippen molar-refractivity contribution < 1.29 is 8.83 Å². The minimum atomic E-state index is -0.382. The highest BCUT2D eigenvalue weighted by Crippen LogP contribution is 2.38. The molecule has 0 N–H and O–H groups in total. The highest BCUT2D eigenvalue weighted by atomic mass is 16.4. The van der Waals surface area contributed by atoms with Crippen molar-refractivity contribution in [1.82, 2.24) is 4.57 Å². The highest BCUT2D eigenvalue weighted by molar-refractivity contribution is 6.09. The molecule has 0 unspecified atom stereocenters. The van der Waals surface area contributed by atoms with Crippen molar-refractivity contribution in [1.29, 1.82) is 0 Å². The molecule has 0 fully saturated rings. The molecule has 0 aliphatic heterocycles. The van der Waals surface area contributed by atoms with Gasteiger partial charge in [0, 0.05) is 34.5 Å². The van der Waals surface area contributed by atoms with Gasteiger partial charge in [0.15, 0.2) is 0 Å². The van der Waals surface area contributed by atoms with Gasteiger partial charge in [0.05, 0.1) is 16.8 Å². The first-order chi connectivity index (χ1) is 24.2. The standard InChI is InChI=1S/C45H33NO4/c1-45(2,3)29-18-19-30-27(23-29)17-22-41-36(30)25-37(43(47)49-41)34-13-7-12-33-32(34)11-8-14-35(33)39-20-21-40(46(39)4)38-24-28-16-15-26-9-5-6-10-31(26)42(28)50-44(38)48/h5-25H,1-4H3. The van der Waals surface area contributed by atoms with E-state index >= 15 is 0 Å². The van der Waals surface area contributed by atoms with E-state index in [0.717, 1.165) is 65.6 Å². The summed E-state index contributed by atoms with van der Waals surface area (Å²) in [4.78, 5) is 27.0. The Bertz CT molecular complexity index is 2970. The van der Waals surface area contributed by atoms with Crippen LogP contribution in [0.3, 0.4) is 0 Å². The molecule has 0 saturated carbocycles. The largest absolute Gasteiger partial charge is 0.422 e. The van der Waals surface area contributed by atoms with Crippen LogP contribution in [0.4, 0.5) is 0 Å². The van der Waals surface area contributed by atoms with Gasteiger partial charge in [-0.15, -0.1) is 0 Å². The van der Waals surface area contributed by atoms with Crippen LogP contribution in [-0.4, -0.2) is 4.57 Å². The molecule has 0 saturated heterocycles. The summed E-state index contributed by atoms with van der Waals surface area (Å²) in [5.41, 5.74) is 6.17. The zero-order chi connectivity index (χ0) is 34.3. The SMILES string of the molecule is Cn1c(-c2cc3ccc4ccccc4c3oc2=O)ccc1-c1cccc2c(-c3cc4c(ccc5cc(C(C)(C)C)ccc54)oc3=O)cccc12. The van der Waals surface area contributed by atoms with Crippen LogP contribution < -0.4 is 11.3 Å². The molecule has 0 spiro atoms. The van der Waals surface area contributed by atoms with E-state index in [1.807, 2.05) is 109 Å². The molecular formula is C45H33NO4. The summed E-state index contributed by atoms with van der Waals surface area (Å²) in [6.07, 6.45) is 0. The van der Waals surface area contributed by atoms with Crippen LogP contribution in [-0.2, 0) is 12.5 Å². The van der Waals surface area contributed by atoms with E-state index in [9.17, 15) is 9.59 Å². The Morgan fingerprint density at radius 2 is 1.14 bits per heavy atom. The molecule has 242 valence electrons. The predicted octanol–water partition coefficient (Wildman–Crippen LogP) is 11.0. The second-order valence-corrected chi connectivity index (χ2v) is 14.1. The summed E-state index contributed by atoms with van der Waals surface area (Å²) in [5.74, 6) is 0. The molecule has 0 aliphatic rings. The molecule has 5 heteroatoms. The molecule has 5 nitrogen and oxygen atoms in total. The smallest absolute Gasteiger partial charge is 0.345 e. The van der Waals surface area contributed by atoms with Crippen molar-refractivity contribution >= 4 is 54.3 Å². The van der Waals surface area contributed by atoms with E-state index in [-0.39, 0.29) is 16.7 Å². The summed E-state index contributed by atoms with van der Waals surface area (Å²) in [5, 5.41) is 7.79. The monoisotopic (exact) mass is 651 g/mol. The van der Waals surface area contributed by atoms with Crippen molar-refractivity contribution in [3.8, 4) is 33.6 Å². The van der Waals surface area contributed by atoms with E-state index in [2.05, 4.69) is 51.1 Å². The van der Waals surface area contributed by atoms with Crippen molar-refractivity contribution in [3.05, 3.63) is 154 Å². The number of nitrogens with zero attached hydrogens (tertiary/aromatic N) is 1. The van der Waals surface area contributed by atoms with Gasteiger partial charge in [-0.05, 0) is 73.8 Å². The number of fused-ring (bicyclic) bond motifs is 7. The first-order valence-electron chi connectivity index (χ1n) is 16.8. The number of hydrogen-bond acceptors (Lipinski definition) is 4. The molecule has 0 aliphatic carbocycles. The van der Waals surface area contributed by atoms with Crippen molar-refractivity contribution in [2.24, 2.45) is 7.05 Å². The first-order valence-corrected chi connectivity index (χ1v) is 16.8. The summed E-state index contributed by atoms with van der Waals surface area (Å²) >= 11 is 0. The first kappa shape index (κ1) is 29.9. The van der Waals surface area contributed by atoms with Crippen molar-refractivity contribution in [3.63, 3.8) is 0 Å². The van der Waals surface area contributed by atoms with Crippen LogP contribution in [0, 0.1) is 0 Å². The average molecular weight is 652 g/mol. The van der Waals surface area contributed by atoms with Crippen LogP contribution in [0.15, 0.2) is 146 Å². The van der Waals surface area contributed by atoms with Crippen LogP contribution in [0.2, 0.25) is 0 Å². The molecular weight excluding hydrogens is 618 g/mol. The topological polar surface area (TPSA) is 65.3 Å². The lowest BCUT2D eigenvalue weighted by molar-refractivity contribution is 0.564. The van der Waals surface area contributed by atoms with E-state index < -0.39 is 0 Å². The molecule has 3 aromatic heterocycles. The maximum atomic E-state index is 13.6. The Morgan fingerprint density at radius 3 is 1.94 bits per heavy atom. The van der Waals surface area contributed by atoms with Gasteiger partial charge in [0.2, 0.25) is 0 Å². The lowest BCUT2D eigenvalue weighted by atomic mass is 9.85. The summed E-state index contributed by atoms with van der Waals surface area (Å²) in [6.45, 7) is 6.62. The van der Waals surface area contributed by atoms with Crippen LogP contribution >= 0.6 is 0 Å². The minimum absolute atomic E-state index is 0.0226. The third kappa shape index (κ3) is 4.61. The van der Waals surface area contributed by atoms with Gasteiger partial charge in [0.1, 0.15) is 11.2 Å². The molecule has 3 heterocycles. The molecule has 50 heavy (non-hydrogen) atoms. The molecule has 0 amide bonds. The van der Waals surface area contributed by atoms with Crippen molar-refractivity contribution in [2.75, 3.05) is 0 Å². The number of benzene rings is 6. The van der Waals surface area contributed by atoms with Gasteiger partial charge in [0.25, 0.3) is 0 Å². The lowest BCUT2D eigenvalue weighted by Gasteiger charge is -2.19. The maximum Gasteiger partial charge on any atom is 0.345 e. The van der Waals surface area contributed by atoms with Crippen LogP contribution in [0.1, 0.15) is 26.3 Å². The molecule has 0 bridgehead atoms. The summed E-state index contributed by atoms with van der Waals surface area (Å²) in [7, 11) is 1.96. The number of aromatic nitrogens is 1. The van der Waals surface area contributed by atoms with E-state index in [4.69, 9.17) is 8.83 Å². The number of hydrogen-bond donors (Lipinski definition) is 0. The molecule has 0 atom stereocenters. The normalized spacial score (nSPS) is 12.2. The number of rotatable bonds is 3. The molecule has 0 radical (unpaired) electrons. The van der Waals surface area contributed by atoms with Crippen molar-refractivity contribution in [2.45, 2.75) is 26.2 Å². The van der Waals surface area contributed by atoms with E-state index in [1.54, 1.807) is 0 Å². The van der Waals surface area contributed by atoms with Crippen LogP contribution in [0.5, 0.6) is 0 Å². The Morgan fingerprint density at radius 1 is 0.480 bits per heavy atom. The fourth-order valence-corrected chi connectivity index (χ4v) is 7.43. The fourth-order valence-electron chi connectivity index (χ4n) is 7.43. The summed E-state index contributed by atoms with van der Waals surface area (Å²) in [6, 6.07) is 42.4. The minimum Gasteiger partial charge on any atom is -0.422 e. The van der Waals surface area contributed by atoms with Gasteiger partial charge in [-0.1, -0.05) is 118 Å².